The lowest BCUT2D eigenvalue weighted by Gasteiger charge is -2.16. The fourth-order valence-corrected chi connectivity index (χ4v) is 2.54. The van der Waals surface area contributed by atoms with Crippen LogP contribution in [-0.2, 0) is 17.8 Å². The first-order chi connectivity index (χ1) is 9.66. The van der Waals surface area contributed by atoms with Crippen LogP contribution in [0, 0.1) is 0 Å². The summed E-state index contributed by atoms with van der Waals surface area (Å²) in [5.41, 5.74) is 8.52. The molecule has 3 N–H and O–H groups in total. The molecule has 3 rings (SSSR count). The molecule has 1 aliphatic rings. The van der Waals surface area contributed by atoms with Crippen molar-refractivity contribution in [3.8, 4) is 11.3 Å². The summed E-state index contributed by atoms with van der Waals surface area (Å²) in [6, 6.07) is 5.49. The molecule has 0 fully saturated rings. The van der Waals surface area contributed by atoms with E-state index in [1.807, 2.05) is 22.8 Å². The summed E-state index contributed by atoms with van der Waals surface area (Å²) >= 11 is 0. The normalized spacial score (nSPS) is 13.7. The summed E-state index contributed by atoms with van der Waals surface area (Å²) in [5.74, 6) is -0.533. The van der Waals surface area contributed by atoms with E-state index in [2.05, 4.69) is 10.3 Å². The first-order valence-electron chi connectivity index (χ1n) is 6.36. The largest absolute Gasteiger partial charge is 0.368 e. The Labute approximate surface area is 115 Å². The van der Waals surface area contributed by atoms with Gasteiger partial charge in [0.25, 0.3) is 5.91 Å². The van der Waals surface area contributed by atoms with Crippen molar-refractivity contribution in [2.75, 3.05) is 6.54 Å². The molecule has 0 aromatic carbocycles. The molecular formula is C14H14N4O2. The van der Waals surface area contributed by atoms with Gasteiger partial charge in [0.2, 0.25) is 5.91 Å². The summed E-state index contributed by atoms with van der Waals surface area (Å²) in [7, 11) is 0. The lowest BCUT2D eigenvalue weighted by atomic mass is 10.1. The van der Waals surface area contributed by atoms with E-state index >= 15 is 0 Å². The lowest BCUT2D eigenvalue weighted by molar-refractivity contribution is -0.118. The van der Waals surface area contributed by atoms with E-state index in [1.165, 1.54) is 0 Å². The van der Waals surface area contributed by atoms with Gasteiger partial charge in [-0.3, -0.25) is 14.6 Å². The predicted molar refractivity (Wildman–Crippen MR) is 72.9 cm³/mol. The zero-order chi connectivity index (χ0) is 14.1. The van der Waals surface area contributed by atoms with Gasteiger partial charge in [-0.2, -0.15) is 0 Å². The van der Waals surface area contributed by atoms with Crippen LogP contribution in [0.4, 0.5) is 0 Å². The minimum absolute atomic E-state index is 0.0697. The summed E-state index contributed by atoms with van der Waals surface area (Å²) in [4.78, 5) is 27.2. The van der Waals surface area contributed by atoms with Crippen molar-refractivity contribution in [3.63, 3.8) is 0 Å². The van der Waals surface area contributed by atoms with E-state index in [0.29, 0.717) is 18.5 Å². The molecule has 102 valence electrons. The molecule has 3 heterocycles. The molecule has 0 saturated carbocycles. The molecule has 0 atom stereocenters. The highest BCUT2D eigenvalue weighted by Crippen LogP contribution is 2.27. The van der Waals surface area contributed by atoms with Gasteiger partial charge in [0.1, 0.15) is 6.54 Å². The Morgan fingerprint density at radius 3 is 2.85 bits per heavy atom. The number of nitrogens with one attached hydrogen (secondary N) is 1. The van der Waals surface area contributed by atoms with Crippen LogP contribution in [-0.4, -0.2) is 27.9 Å². The number of nitrogens with two attached hydrogens (primary N) is 1. The Hall–Kier alpha value is -2.63. The second-order valence-electron chi connectivity index (χ2n) is 4.68. The number of aromatic nitrogens is 2. The maximum Gasteiger partial charge on any atom is 0.253 e. The number of amides is 2. The molecular weight excluding hydrogens is 256 g/mol. The van der Waals surface area contributed by atoms with E-state index in [-0.39, 0.29) is 12.5 Å². The van der Waals surface area contributed by atoms with Crippen molar-refractivity contribution in [2.45, 2.75) is 13.0 Å². The van der Waals surface area contributed by atoms with Gasteiger partial charge >= 0.3 is 0 Å². The Bertz CT molecular complexity index is 676. The van der Waals surface area contributed by atoms with Crippen molar-refractivity contribution in [1.29, 1.82) is 0 Å². The minimum Gasteiger partial charge on any atom is -0.368 e. The van der Waals surface area contributed by atoms with Gasteiger partial charge in [-0.1, -0.05) is 0 Å². The Balaban J connectivity index is 2.18. The molecule has 2 aromatic heterocycles. The number of carbonyl (C=O) groups excluding carboxylic acids is 2. The molecule has 2 aromatic rings. The van der Waals surface area contributed by atoms with Gasteiger partial charge in [0.15, 0.2) is 0 Å². The van der Waals surface area contributed by atoms with Crippen LogP contribution in [0.3, 0.4) is 0 Å². The second-order valence-corrected chi connectivity index (χ2v) is 4.68. The Morgan fingerprint density at radius 2 is 2.15 bits per heavy atom. The van der Waals surface area contributed by atoms with Crippen LogP contribution in [0.15, 0.2) is 30.6 Å². The van der Waals surface area contributed by atoms with E-state index in [9.17, 15) is 9.59 Å². The summed E-state index contributed by atoms with van der Waals surface area (Å²) in [5, 5.41) is 2.80. The minimum atomic E-state index is -0.426. The fraction of sp³-hybridized carbons (Fsp3) is 0.214. The number of hydrogen-bond acceptors (Lipinski definition) is 3. The van der Waals surface area contributed by atoms with Crippen molar-refractivity contribution < 1.29 is 9.59 Å². The van der Waals surface area contributed by atoms with Crippen molar-refractivity contribution >= 4 is 11.8 Å². The SMILES string of the molecule is NC(=O)Cn1c(-c2ccncc2)cc2c1CCNC2=O. The highest BCUT2D eigenvalue weighted by molar-refractivity contribution is 5.98. The average molecular weight is 270 g/mol. The van der Waals surface area contributed by atoms with Crippen LogP contribution >= 0.6 is 0 Å². The number of primary amides is 1. The van der Waals surface area contributed by atoms with E-state index in [0.717, 1.165) is 17.0 Å². The monoisotopic (exact) mass is 270 g/mol. The zero-order valence-corrected chi connectivity index (χ0v) is 10.8. The fourth-order valence-electron chi connectivity index (χ4n) is 2.54. The summed E-state index contributed by atoms with van der Waals surface area (Å²) < 4.78 is 1.83. The van der Waals surface area contributed by atoms with Crippen LogP contribution in [0.1, 0.15) is 16.1 Å². The third-order valence-corrected chi connectivity index (χ3v) is 3.39. The maximum atomic E-state index is 11.9. The number of fused-ring (bicyclic) bond motifs is 1. The molecule has 1 aliphatic heterocycles. The number of rotatable bonds is 3. The van der Waals surface area contributed by atoms with Gasteiger partial charge in [0.05, 0.1) is 5.56 Å². The second kappa shape index (κ2) is 4.80. The highest BCUT2D eigenvalue weighted by Gasteiger charge is 2.24. The molecule has 6 nitrogen and oxygen atoms in total. The first kappa shape index (κ1) is 12.4. The van der Waals surface area contributed by atoms with Crippen molar-refractivity contribution in [3.05, 3.63) is 41.9 Å². The number of carbonyl (C=O) groups is 2. The van der Waals surface area contributed by atoms with Crippen LogP contribution in [0.25, 0.3) is 11.3 Å². The Kier molecular flexibility index (Phi) is 2.98. The molecule has 0 unspecified atom stereocenters. The van der Waals surface area contributed by atoms with Crippen LogP contribution in [0.5, 0.6) is 0 Å². The van der Waals surface area contributed by atoms with Gasteiger partial charge in [-0.25, -0.2) is 0 Å². The van der Waals surface area contributed by atoms with Gasteiger partial charge in [0, 0.05) is 42.3 Å². The van der Waals surface area contributed by atoms with Crippen molar-refractivity contribution in [2.24, 2.45) is 5.73 Å². The van der Waals surface area contributed by atoms with Crippen LogP contribution < -0.4 is 11.1 Å². The molecule has 0 spiro atoms. The summed E-state index contributed by atoms with van der Waals surface area (Å²) in [6.45, 7) is 0.644. The van der Waals surface area contributed by atoms with Gasteiger partial charge in [-0.05, 0) is 18.2 Å². The molecule has 2 amide bonds. The lowest BCUT2D eigenvalue weighted by Crippen LogP contribution is -2.33. The topological polar surface area (TPSA) is 90.0 Å². The zero-order valence-electron chi connectivity index (χ0n) is 10.8. The van der Waals surface area contributed by atoms with Gasteiger partial charge in [-0.15, -0.1) is 0 Å². The maximum absolute atomic E-state index is 11.9. The molecule has 20 heavy (non-hydrogen) atoms. The quantitative estimate of drug-likeness (QED) is 0.841. The number of pyridine rings is 1. The Morgan fingerprint density at radius 1 is 1.40 bits per heavy atom. The molecule has 0 aliphatic carbocycles. The highest BCUT2D eigenvalue weighted by atomic mass is 16.2. The summed E-state index contributed by atoms with van der Waals surface area (Å²) in [6.07, 6.45) is 4.05. The third kappa shape index (κ3) is 2.05. The van der Waals surface area contributed by atoms with Crippen molar-refractivity contribution in [1.82, 2.24) is 14.9 Å². The number of hydrogen-bond donors (Lipinski definition) is 2. The van der Waals surface area contributed by atoms with E-state index in [4.69, 9.17) is 5.73 Å². The molecule has 0 radical (unpaired) electrons. The van der Waals surface area contributed by atoms with Gasteiger partial charge < -0.3 is 15.6 Å². The number of nitrogens with zero attached hydrogens (tertiary/aromatic N) is 2. The predicted octanol–water partition coefficient (Wildman–Crippen LogP) is 0.321. The van der Waals surface area contributed by atoms with Crippen LogP contribution in [0.2, 0.25) is 0 Å². The first-order valence-corrected chi connectivity index (χ1v) is 6.36. The smallest absolute Gasteiger partial charge is 0.253 e. The standard InChI is InChI=1S/C14H14N4O2/c15-13(19)8-18-11-3-6-17-14(20)10(11)7-12(18)9-1-4-16-5-2-9/h1-2,4-5,7H,3,6,8H2,(H2,15,19)(H,17,20). The van der Waals surface area contributed by atoms with E-state index < -0.39 is 5.91 Å². The average Bonchev–Trinajstić information content (AvgIpc) is 2.80. The third-order valence-electron chi connectivity index (χ3n) is 3.39. The van der Waals surface area contributed by atoms with E-state index in [1.54, 1.807) is 12.4 Å². The molecule has 0 bridgehead atoms. The molecule has 0 saturated heterocycles. The molecule has 6 heteroatoms.